The number of nitrogens with one attached hydrogen (secondary N) is 2. The minimum Gasteiger partial charge on any atom is -0.495 e. The number of carbonyl (C=O) groups excluding carboxylic acids is 1. The first-order valence-electron chi connectivity index (χ1n) is 12.1. The highest BCUT2D eigenvalue weighted by atomic mass is 35.5. The second kappa shape index (κ2) is 11.4. The van der Waals surface area contributed by atoms with Gasteiger partial charge >= 0.3 is 0 Å². The van der Waals surface area contributed by atoms with E-state index in [1.54, 1.807) is 30.6 Å². The predicted molar refractivity (Wildman–Crippen MR) is 153 cm³/mol. The largest absolute Gasteiger partial charge is 0.495 e. The Balaban J connectivity index is 1.43. The molecule has 0 bridgehead atoms. The molecule has 2 aromatic heterocycles. The van der Waals surface area contributed by atoms with Crippen molar-refractivity contribution < 1.29 is 14.3 Å². The molecule has 11 heteroatoms. The molecule has 0 saturated carbocycles. The van der Waals surface area contributed by atoms with Crippen LogP contribution in [0.25, 0.3) is 22.2 Å². The van der Waals surface area contributed by atoms with Crippen LogP contribution >= 0.6 is 23.2 Å². The van der Waals surface area contributed by atoms with Crippen molar-refractivity contribution in [2.45, 2.75) is 6.54 Å². The van der Waals surface area contributed by atoms with Crippen LogP contribution in [-0.2, 0) is 6.54 Å². The minimum atomic E-state index is -0.347. The zero-order chi connectivity index (χ0) is 27.5. The van der Waals surface area contributed by atoms with Crippen LogP contribution in [0.4, 0.5) is 5.69 Å². The monoisotopic (exact) mass is 564 g/mol. The molecule has 0 radical (unpaired) electrons. The van der Waals surface area contributed by atoms with Gasteiger partial charge in [-0.1, -0.05) is 35.8 Å². The van der Waals surface area contributed by atoms with Crippen molar-refractivity contribution in [2.24, 2.45) is 0 Å². The smallest absolute Gasteiger partial charge is 0.257 e. The molecule has 1 amide bonds. The molecule has 0 spiro atoms. The maximum absolute atomic E-state index is 13.3. The van der Waals surface area contributed by atoms with Gasteiger partial charge < -0.3 is 20.1 Å². The number of hydrogen-bond donors (Lipinski definition) is 2. The summed E-state index contributed by atoms with van der Waals surface area (Å²) in [4.78, 5) is 29.1. The highest BCUT2D eigenvalue weighted by molar-refractivity contribution is 6.41. The van der Waals surface area contributed by atoms with Crippen molar-refractivity contribution in [3.63, 3.8) is 0 Å². The fourth-order valence-electron chi connectivity index (χ4n) is 4.51. The zero-order valence-electron chi connectivity index (χ0n) is 21.4. The third-order valence-corrected chi connectivity index (χ3v) is 7.15. The van der Waals surface area contributed by atoms with Gasteiger partial charge in [-0.2, -0.15) is 0 Å². The van der Waals surface area contributed by atoms with Crippen LogP contribution in [0, 0.1) is 0 Å². The first kappa shape index (κ1) is 26.7. The first-order chi connectivity index (χ1) is 18.9. The zero-order valence-corrected chi connectivity index (χ0v) is 22.9. The van der Waals surface area contributed by atoms with Crippen LogP contribution in [0.5, 0.6) is 11.5 Å². The Morgan fingerprint density at radius 2 is 1.77 bits per heavy atom. The van der Waals surface area contributed by atoms with E-state index in [0.717, 1.165) is 31.0 Å². The van der Waals surface area contributed by atoms with E-state index in [2.05, 4.69) is 37.1 Å². The Bertz CT molecular complexity index is 1530. The number of carbonyl (C=O) groups is 1. The lowest BCUT2D eigenvalue weighted by atomic mass is 9.99. The molecule has 1 aliphatic heterocycles. The number of benzene rings is 2. The van der Waals surface area contributed by atoms with E-state index >= 15 is 0 Å². The van der Waals surface area contributed by atoms with E-state index in [9.17, 15) is 4.79 Å². The fraction of sp³-hybridized carbons (Fsp3) is 0.214. The highest BCUT2D eigenvalue weighted by Gasteiger charge is 2.23. The third-order valence-electron chi connectivity index (χ3n) is 6.40. The summed E-state index contributed by atoms with van der Waals surface area (Å²) in [5.74, 6) is 0.439. The summed E-state index contributed by atoms with van der Waals surface area (Å²) in [6, 6.07) is 8.76. The van der Waals surface area contributed by atoms with Gasteiger partial charge in [-0.25, -0.2) is 0 Å². The lowest BCUT2D eigenvalue weighted by Gasteiger charge is -2.28. The average Bonchev–Trinajstić information content (AvgIpc) is 2.94. The molecular formula is C28H26Cl2N6O3. The molecule has 0 atom stereocenters. The van der Waals surface area contributed by atoms with E-state index < -0.39 is 0 Å². The topological polar surface area (TPSA) is 102 Å². The molecule has 1 saturated heterocycles. The quantitative estimate of drug-likeness (QED) is 0.316. The number of halogens is 2. The molecule has 200 valence electrons. The van der Waals surface area contributed by atoms with Crippen molar-refractivity contribution >= 4 is 45.8 Å². The summed E-state index contributed by atoms with van der Waals surface area (Å²) < 4.78 is 10.8. The number of amides is 1. The molecule has 1 aliphatic rings. The van der Waals surface area contributed by atoms with Gasteiger partial charge in [-0.15, -0.1) is 0 Å². The normalized spacial score (nSPS) is 13.7. The number of piperazine rings is 1. The number of ether oxygens (including phenoxy) is 2. The minimum absolute atomic E-state index is 0.295. The molecular weight excluding hydrogens is 539 g/mol. The van der Waals surface area contributed by atoms with Crippen molar-refractivity contribution in [2.75, 3.05) is 39.2 Å². The Morgan fingerprint density at radius 1 is 1.05 bits per heavy atom. The standard InChI is InChI=1S/C28H26Cl2N6O3/c1-16-14-36(11-10-31-16)15-18-5-4-17(13-34-18)35-28(37)20-7-6-19(26-27(20)33-9-8-32-26)23-24(29)21(38-2)12-22(39-3)25(23)30/h4-9,12-13,31H,1,10-11,14-15H2,2-3H3,(H,35,37). The van der Waals surface area contributed by atoms with Gasteiger partial charge in [-0.3, -0.25) is 24.6 Å². The van der Waals surface area contributed by atoms with Gasteiger partial charge in [0.25, 0.3) is 5.91 Å². The second-order valence-corrected chi connectivity index (χ2v) is 9.69. The Hall–Kier alpha value is -3.92. The van der Waals surface area contributed by atoms with E-state index in [0.29, 0.717) is 61.5 Å². The number of nitrogens with zero attached hydrogens (tertiary/aromatic N) is 4. The number of fused-ring (bicyclic) bond motifs is 1. The molecule has 0 unspecified atom stereocenters. The number of hydrogen-bond acceptors (Lipinski definition) is 8. The number of anilines is 1. The summed E-state index contributed by atoms with van der Waals surface area (Å²) in [6.45, 7) is 7.27. The molecule has 2 aromatic carbocycles. The van der Waals surface area contributed by atoms with Crippen LogP contribution in [-0.4, -0.2) is 59.6 Å². The van der Waals surface area contributed by atoms with Crippen molar-refractivity contribution in [3.05, 3.63) is 82.5 Å². The lowest BCUT2D eigenvalue weighted by Crippen LogP contribution is -2.41. The van der Waals surface area contributed by atoms with E-state index in [1.807, 2.05) is 12.1 Å². The Morgan fingerprint density at radius 3 is 2.41 bits per heavy atom. The van der Waals surface area contributed by atoms with Crippen LogP contribution in [0.3, 0.4) is 0 Å². The Labute approximate surface area is 235 Å². The highest BCUT2D eigenvalue weighted by Crippen LogP contribution is 2.47. The second-order valence-electron chi connectivity index (χ2n) is 8.93. The van der Waals surface area contributed by atoms with Crippen molar-refractivity contribution in [1.29, 1.82) is 0 Å². The van der Waals surface area contributed by atoms with Gasteiger partial charge in [0, 0.05) is 61.5 Å². The molecule has 3 heterocycles. The van der Waals surface area contributed by atoms with Crippen molar-refractivity contribution in [3.8, 4) is 22.6 Å². The van der Waals surface area contributed by atoms with Gasteiger partial charge in [-0.05, 0) is 18.2 Å². The Kier molecular flexibility index (Phi) is 7.83. The number of pyridine rings is 1. The van der Waals surface area contributed by atoms with E-state index in [1.165, 1.54) is 20.4 Å². The summed E-state index contributed by atoms with van der Waals surface area (Å²) in [5.41, 5.74) is 4.72. The van der Waals surface area contributed by atoms with Crippen molar-refractivity contribution in [1.82, 2.24) is 25.2 Å². The molecule has 2 N–H and O–H groups in total. The molecule has 1 fully saturated rings. The van der Waals surface area contributed by atoms with Crippen LogP contribution in [0.1, 0.15) is 16.1 Å². The molecule has 4 aromatic rings. The fourth-order valence-corrected chi connectivity index (χ4v) is 5.22. The number of rotatable bonds is 7. The summed E-state index contributed by atoms with van der Waals surface area (Å²) in [7, 11) is 3.01. The number of methoxy groups -OCH3 is 2. The number of aromatic nitrogens is 3. The maximum atomic E-state index is 13.3. The van der Waals surface area contributed by atoms with Gasteiger partial charge in [0.15, 0.2) is 0 Å². The summed E-state index contributed by atoms with van der Waals surface area (Å²) >= 11 is 13.3. The maximum Gasteiger partial charge on any atom is 0.257 e. The van der Waals surface area contributed by atoms with Gasteiger partial charge in [0.2, 0.25) is 0 Å². The molecule has 0 aliphatic carbocycles. The van der Waals surface area contributed by atoms with Crippen LogP contribution in [0.15, 0.2) is 61.2 Å². The molecule has 5 rings (SSSR count). The molecule has 9 nitrogen and oxygen atoms in total. The van der Waals surface area contributed by atoms with Crippen LogP contribution < -0.4 is 20.1 Å². The summed E-state index contributed by atoms with van der Waals surface area (Å²) in [6.07, 6.45) is 4.72. The SMILES string of the molecule is C=C1CN(Cc2ccc(NC(=O)c3ccc(-c4c(Cl)c(OC)cc(OC)c4Cl)c4nccnc34)cn2)CCN1. The predicted octanol–water partition coefficient (Wildman–Crippen LogP) is 5.19. The molecule has 39 heavy (non-hydrogen) atoms. The third kappa shape index (κ3) is 5.47. The van der Waals surface area contributed by atoms with E-state index in [-0.39, 0.29) is 5.91 Å². The van der Waals surface area contributed by atoms with Gasteiger partial charge in [0.1, 0.15) is 17.0 Å². The summed E-state index contributed by atoms with van der Waals surface area (Å²) in [5, 5.41) is 6.75. The van der Waals surface area contributed by atoms with E-state index in [4.69, 9.17) is 32.7 Å². The average molecular weight is 565 g/mol. The van der Waals surface area contributed by atoms with Crippen LogP contribution in [0.2, 0.25) is 10.0 Å². The van der Waals surface area contributed by atoms with Gasteiger partial charge in [0.05, 0.1) is 52.9 Å². The first-order valence-corrected chi connectivity index (χ1v) is 12.9. The lowest BCUT2D eigenvalue weighted by molar-refractivity contribution is 0.102.